The van der Waals surface area contributed by atoms with Crippen LogP contribution in [0.1, 0.15) is 45.4 Å². The van der Waals surface area contributed by atoms with E-state index in [4.69, 9.17) is 4.74 Å². The van der Waals surface area contributed by atoms with Gasteiger partial charge in [0.1, 0.15) is 0 Å². The number of nitrogens with zero attached hydrogens (tertiary/aromatic N) is 1. The first-order valence-electron chi connectivity index (χ1n) is 6.19. The number of carbonyl (C=O) groups is 1. The molecule has 1 saturated carbocycles. The van der Waals surface area contributed by atoms with Crippen LogP contribution in [-0.2, 0) is 9.53 Å². The second-order valence-electron chi connectivity index (χ2n) is 4.40. The first-order chi connectivity index (χ1) is 7.69. The summed E-state index contributed by atoms with van der Waals surface area (Å²) < 4.78 is 4.73. The first-order valence-corrected chi connectivity index (χ1v) is 6.19. The number of aliphatic hydroxyl groups excluding tert-OH is 1. The topological polar surface area (TPSA) is 49.8 Å². The quantitative estimate of drug-likeness (QED) is 0.642. The fraction of sp³-hybridized carbons (Fsp3) is 0.917. The van der Waals surface area contributed by atoms with Gasteiger partial charge in [-0.2, -0.15) is 0 Å². The maximum absolute atomic E-state index is 11.9. The highest BCUT2D eigenvalue weighted by Gasteiger charge is 2.31. The minimum absolute atomic E-state index is 0.229. The smallest absolute Gasteiger partial charge is 0.222 e. The molecule has 1 atom stereocenters. The van der Waals surface area contributed by atoms with E-state index in [1.807, 2.05) is 4.90 Å². The Bertz CT molecular complexity index is 216. The summed E-state index contributed by atoms with van der Waals surface area (Å²) in [5.74, 6) is 0.229. The number of rotatable bonds is 8. The van der Waals surface area contributed by atoms with Crippen molar-refractivity contribution in [3.05, 3.63) is 0 Å². The maximum atomic E-state index is 11.9. The van der Waals surface area contributed by atoms with Crippen LogP contribution in [0.2, 0.25) is 0 Å². The van der Waals surface area contributed by atoms with Gasteiger partial charge in [-0.1, -0.05) is 6.92 Å². The average molecular weight is 229 g/mol. The largest absolute Gasteiger partial charge is 0.368 e. The number of ether oxygens (including phenoxy) is 1. The third-order valence-electron chi connectivity index (χ3n) is 2.89. The Balaban J connectivity index is 2.21. The second kappa shape index (κ2) is 6.86. The van der Waals surface area contributed by atoms with E-state index in [-0.39, 0.29) is 5.91 Å². The molecule has 1 fully saturated rings. The van der Waals surface area contributed by atoms with Crippen molar-refractivity contribution in [2.24, 2.45) is 0 Å². The standard InChI is InChI=1S/C12H23NO3/c1-3-9-13(10-7-8-10)11(14)5-4-6-12(15)16-2/h10,12,15H,3-9H2,1-2H3. The lowest BCUT2D eigenvalue weighted by atomic mass is 10.2. The Morgan fingerprint density at radius 2 is 2.25 bits per heavy atom. The molecule has 0 aliphatic heterocycles. The van der Waals surface area contributed by atoms with E-state index < -0.39 is 6.29 Å². The Morgan fingerprint density at radius 1 is 1.56 bits per heavy atom. The summed E-state index contributed by atoms with van der Waals surface area (Å²) in [6.07, 6.45) is 4.36. The van der Waals surface area contributed by atoms with Crippen molar-refractivity contribution in [3.63, 3.8) is 0 Å². The van der Waals surface area contributed by atoms with E-state index >= 15 is 0 Å². The Kier molecular flexibility index (Phi) is 5.77. The van der Waals surface area contributed by atoms with Gasteiger partial charge >= 0.3 is 0 Å². The summed E-state index contributed by atoms with van der Waals surface area (Å²) >= 11 is 0. The fourth-order valence-electron chi connectivity index (χ4n) is 1.83. The third-order valence-corrected chi connectivity index (χ3v) is 2.89. The number of amides is 1. The molecule has 4 heteroatoms. The normalized spacial score (nSPS) is 17.2. The van der Waals surface area contributed by atoms with E-state index in [1.54, 1.807) is 0 Å². The van der Waals surface area contributed by atoms with Gasteiger partial charge in [-0.05, 0) is 32.1 Å². The number of hydrogen-bond acceptors (Lipinski definition) is 3. The lowest BCUT2D eigenvalue weighted by molar-refractivity contribution is -0.132. The molecule has 16 heavy (non-hydrogen) atoms. The van der Waals surface area contributed by atoms with E-state index in [0.29, 0.717) is 25.3 Å². The molecule has 1 rings (SSSR count). The Hall–Kier alpha value is -0.610. The van der Waals surface area contributed by atoms with Crippen molar-refractivity contribution in [1.29, 1.82) is 0 Å². The fourth-order valence-corrected chi connectivity index (χ4v) is 1.83. The Labute approximate surface area is 97.6 Å². The molecule has 0 spiro atoms. The van der Waals surface area contributed by atoms with Crippen LogP contribution in [0.5, 0.6) is 0 Å². The molecule has 0 heterocycles. The molecule has 0 radical (unpaired) electrons. The average Bonchev–Trinajstić information content (AvgIpc) is 3.09. The molecular formula is C12H23NO3. The summed E-state index contributed by atoms with van der Waals surface area (Å²) in [5.41, 5.74) is 0. The third kappa shape index (κ3) is 4.49. The monoisotopic (exact) mass is 229 g/mol. The van der Waals surface area contributed by atoms with Gasteiger partial charge in [0.25, 0.3) is 0 Å². The molecule has 1 unspecified atom stereocenters. The van der Waals surface area contributed by atoms with Crippen LogP contribution in [0.3, 0.4) is 0 Å². The summed E-state index contributed by atoms with van der Waals surface area (Å²) in [5, 5.41) is 9.19. The molecule has 1 aliphatic carbocycles. The molecule has 0 bridgehead atoms. The van der Waals surface area contributed by atoms with Crippen LogP contribution in [-0.4, -0.2) is 41.9 Å². The van der Waals surface area contributed by atoms with Crippen molar-refractivity contribution >= 4 is 5.91 Å². The molecule has 0 aromatic carbocycles. The summed E-state index contributed by atoms with van der Waals surface area (Å²) in [6.45, 7) is 2.97. The molecule has 0 aromatic heterocycles. The number of hydrogen-bond donors (Lipinski definition) is 1. The van der Waals surface area contributed by atoms with Gasteiger partial charge in [-0.15, -0.1) is 0 Å². The molecule has 94 valence electrons. The van der Waals surface area contributed by atoms with Crippen LogP contribution in [0.25, 0.3) is 0 Å². The lowest BCUT2D eigenvalue weighted by Gasteiger charge is -2.21. The second-order valence-corrected chi connectivity index (χ2v) is 4.40. The zero-order chi connectivity index (χ0) is 12.0. The maximum Gasteiger partial charge on any atom is 0.222 e. The molecule has 1 N–H and O–H groups in total. The number of carbonyl (C=O) groups excluding carboxylic acids is 1. The number of aliphatic hydroxyl groups is 1. The van der Waals surface area contributed by atoms with Crippen molar-refractivity contribution in [1.82, 2.24) is 4.90 Å². The van der Waals surface area contributed by atoms with Gasteiger partial charge in [0.15, 0.2) is 6.29 Å². The Morgan fingerprint density at radius 3 is 2.75 bits per heavy atom. The van der Waals surface area contributed by atoms with Gasteiger partial charge in [0.05, 0.1) is 0 Å². The molecule has 4 nitrogen and oxygen atoms in total. The van der Waals surface area contributed by atoms with Crippen molar-refractivity contribution in [3.8, 4) is 0 Å². The van der Waals surface area contributed by atoms with Crippen molar-refractivity contribution < 1.29 is 14.6 Å². The highest BCUT2D eigenvalue weighted by molar-refractivity contribution is 5.76. The van der Waals surface area contributed by atoms with Crippen LogP contribution in [0.4, 0.5) is 0 Å². The summed E-state index contributed by atoms with van der Waals surface area (Å²) in [7, 11) is 1.47. The van der Waals surface area contributed by atoms with Crippen molar-refractivity contribution in [2.75, 3.05) is 13.7 Å². The predicted molar refractivity (Wildman–Crippen MR) is 61.9 cm³/mol. The van der Waals surface area contributed by atoms with Gasteiger partial charge < -0.3 is 14.7 Å². The first kappa shape index (κ1) is 13.5. The zero-order valence-electron chi connectivity index (χ0n) is 10.3. The van der Waals surface area contributed by atoms with E-state index in [1.165, 1.54) is 7.11 Å². The van der Waals surface area contributed by atoms with Crippen LogP contribution in [0.15, 0.2) is 0 Å². The number of methoxy groups -OCH3 is 1. The van der Waals surface area contributed by atoms with Gasteiger partial charge in [-0.25, -0.2) is 0 Å². The van der Waals surface area contributed by atoms with E-state index in [9.17, 15) is 9.90 Å². The highest BCUT2D eigenvalue weighted by atomic mass is 16.6. The molecule has 1 aliphatic rings. The van der Waals surface area contributed by atoms with E-state index in [2.05, 4.69) is 6.92 Å². The van der Waals surface area contributed by atoms with Crippen LogP contribution < -0.4 is 0 Å². The molecule has 0 aromatic rings. The van der Waals surface area contributed by atoms with Gasteiger partial charge in [0, 0.05) is 26.1 Å². The van der Waals surface area contributed by atoms with Crippen LogP contribution in [0, 0.1) is 0 Å². The molecular weight excluding hydrogens is 206 g/mol. The molecule has 0 saturated heterocycles. The SMILES string of the molecule is CCCN(C(=O)CCCC(O)OC)C1CC1. The zero-order valence-corrected chi connectivity index (χ0v) is 10.3. The summed E-state index contributed by atoms with van der Waals surface area (Å²) in [6, 6.07) is 0.500. The summed E-state index contributed by atoms with van der Waals surface area (Å²) in [4.78, 5) is 13.9. The predicted octanol–water partition coefficient (Wildman–Crippen LogP) is 1.52. The van der Waals surface area contributed by atoms with E-state index in [0.717, 1.165) is 25.8 Å². The van der Waals surface area contributed by atoms with Gasteiger partial charge in [-0.3, -0.25) is 4.79 Å². The van der Waals surface area contributed by atoms with Crippen LogP contribution >= 0.6 is 0 Å². The highest BCUT2D eigenvalue weighted by Crippen LogP contribution is 2.27. The minimum atomic E-state index is -0.728. The lowest BCUT2D eigenvalue weighted by Crippen LogP contribution is -2.33. The molecule has 1 amide bonds. The van der Waals surface area contributed by atoms with Gasteiger partial charge in [0.2, 0.25) is 5.91 Å². The minimum Gasteiger partial charge on any atom is -0.368 e. The van der Waals surface area contributed by atoms with Crippen molar-refractivity contribution in [2.45, 2.75) is 57.8 Å².